The third-order valence-corrected chi connectivity index (χ3v) is 4.92. The van der Waals surface area contributed by atoms with E-state index in [1.807, 2.05) is 30.3 Å². The van der Waals surface area contributed by atoms with Crippen LogP contribution in [0, 0.1) is 0 Å². The maximum atomic E-state index is 5.72. The van der Waals surface area contributed by atoms with Crippen molar-refractivity contribution < 1.29 is 9.47 Å². The fraction of sp³-hybridized carbons (Fsp3) is 0.211. The monoisotopic (exact) mass is 338 g/mol. The van der Waals surface area contributed by atoms with Gasteiger partial charge in [0.2, 0.25) is 0 Å². The first kappa shape index (κ1) is 15.0. The number of hydrogen-bond donors (Lipinski definition) is 0. The molecule has 24 heavy (non-hydrogen) atoms. The van der Waals surface area contributed by atoms with Crippen LogP contribution in [0.5, 0.6) is 11.5 Å². The van der Waals surface area contributed by atoms with Crippen LogP contribution in [0.15, 0.2) is 48.7 Å². The Labute approximate surface area is 144 Å². The maximum Gasteiger partial charge on any atom is 0.195 e. The summed E-state index contributed by atoms with van der Waals surface area (Å²) < 4.78 is 14.3. The molecule has 0 saturated heterocycles. The first-order valence-corrected chi connectivity index (χ1v) is 8.79. The van der Waals surface area contributed by atoms with Crippen molar-refractivity contribution in [3.63, 3.8) is 0 Å². The molecule has 0 atom stereocenters. The number of hydrogen-bond acceptors (Lipinski definition) is 4. The molecule has 0 spiro atoms. The van der Waals surface area contributed by atoms with Crippen molar-refractivity contribution in [2.45, 2.75) is 13.3 Å². The van der Waals surface area contributed by atoms with Crippen molar-refractivity contribution >= 4 is 26.5 Å². The summed E-state index contributed by atoms with van der Waals surface area (Å²) in [6.45, 7) is 2.85. The second-order valence-corrected chi connectivity index (χ2v) is 6.60. The van der Waals surface area contributed by atoms with Gasteiger partial charge in [-0.05, 0) is 36.8 Å². The zero-order chi connectivity index (χ0) is 16.5. The number of imidazole rings is 1. The van der Waals surface area contributed by atoms with E-state index in [0.29, 0.717) is 0 Å². The highest BCUT2D eigenvalue weighted by atomic mass is 32.1. The Kier molecular flexibility index (Phi) is 3.86. The topological polar surface area (TPSA) is 35.8 Å². The van der Waals surface area contributed by atoms with E-state index in [1.165, 1.54) is 4.70 Å². The number of nitrogens with zero attached hydrogens (tertiary/aromatic N) is 2. The lowest BCUT2D eigenvalue weighted by Crippen LogP contribution is -1.94. The average Bonchev–Trinajstić information content (AvgIpc) is 3.17. The summed E-state index contributed by atoms with van der Waals surface area (Å²) in [7, 11) is 1.68. The lowest BCUT2D eigenvalue weighted by Gasteiger charge is -2.03. The van der Waals surface area contributed by atoms with Gasteiger partial charge in [0.1, 0.15) is 11.5 Å². The molecule has 0 aliphatic heterocycles. The fourth-order valence-electron chi connectivity index (χ4n) is 2.71. The van der Waals surface area contributed by atoms with E-state index >= 15 is 0 Å². The van der Waals surface area contributed by atoms with Gasteiger partial charge in [-0.25, -0.2) is 4.98 Å². The first-order chi connectivity index (χ1) is 11.8. The molecule has 0 amide bonds. The molecule has 0 saturated carbocycles. The van der Waals surface area contributed by atoms with Crippen LogP contribution in [0.3, 0.4) is 0 Å². The zero-order valence-corrected chi connectivity index (χ0v) is 14.5. The minimum atomic E-state index is 0.744. The highest BCUT2D eigenvalue weighted by Gasteiger charge is 2.11. The van der Waals surface area contributed by atoms with E-state index in [1.54, 1.807) is 18.4 Å². The number of benzene rings is 2. The lowest BCUT2D eigenvalue weighted by molar-refractivity contribution is 0.318. The Morgan fingerprint density at radius 2 is 2.04 bits per heavy atom. The van der Waals surface area contributed by atoms with Crippen molar-refractivity contribution in [3.8, 4) is 22.8 Å². The van der Waals surface area contributed by atoms with Gasteiger partial charge < -0.3 is 9.47 Å². The van der Waals surface area contributed by atoms with Crippen LogP contribution in [-0.2, 0) is 0 Å². The standard InChI is InChI=1S/C19H18N2O2S/c1-3-9-23-15-7-8-17-18(11-15)24-19-20-16(12-21(17)19)13-5-4-6-14(10-13)22-2/h4-8,10-12H,3,9H2,1-2H3. The van der Waals surface area contributed by atoms with Crippen molar-refractivity contribution in [2.24, 2.45) is 0 Å². The Morgan fingerprint density at radius 1 is 1.12 bits per heavy atom. The molecule has 2 heterocycles. The number of methoxy groups -OCH3 is 1. The maximum absolute atomic E-state index is 5.72. The summed E-state index contributed by atoms with van der Waals surface area (Å²) in [6.07, 6.45) is 3.09. The van der Waals surface area contributed by atoms with Gasteiger partial charge >= 0.3 is 0 Å². The molecule has 0 unspecified atom stereocenters. The van der Waals surface area contributed by atoms with Crippen LogP contribution in [0.2, 0.25) is 0 Å². The van der Waals surface area contributed by atoms with Gasteiger partial charge in [-0.3, -0.25) is 4.40 Å². The molecular weight excluding hydrogens is 320 g/mol. The summed E-state index contributed by atoms with van der Waals surface area (Å²) in [5.74, 6) is 1.76. The van der Waals surface area contributed by atoms with Gasteiger partial charge in [0.25, 0.3) is 0 Å². The van der Waals surface area contributed by atoms with Crippen molar-refractivity contribution in [3.05, 3.63) is 48.7 Å². The normalized spacial score (nSPS) is 11.2. The second-order valence-electron chi connectivity index (χ2n) is 5.59. The molecule has 2 aromatic carbocycles. The summed E-state index contributed by atoms with van der Waals surface area (Å²) in [5.41, 5.74) is 3.16. The predicted molar refractivity (Wildman–Crippen MR) is 98.3 cm³/mol. The van der Waals surface area contributed by atoms with Gasteiger partial charge in [0.15, 0.2) is 4.96 Å². The van der Waals surface area contributed by atoms with Crippen molar-refractivity contribution in [2.75, 3.05) is 13.7 Å². The molecule has 0 bridgehead atoms. The molecule has 4 rings (SSSR count). The smallest absolute Gasteiger partial charge is 0.195 e. The summed E-state index contributed by atoms with van der Waals surface area (Å²) in [6, 6.07) is 14.2. The Morgan fingerprint density at radius 3 is 2.88 bits per heavy atom. The number of rotatable bonds is 5. The molecule has 0 N–H and O–H groups in total. The molecule has 2 aromatic heterocycles. The predicted octanol–water partition coefficient (Wildman–Crippen LogP) is 5.01. The molecule has 0 fully saturated rings. The minimum absolute atomic E-state index is 0.744. The molecule has 0 aliphatic rings. The SMILES string of the molecule is CCCOc1ccc2c(c1)sc1nc(-c3cccc(OC)c3)cn12. The average molecular weight is 338 g/mol. The van der Waals surface area contributed by atoms with E-state index in [-0.39, 0.29) is 0 Å². The molecule has 122 valence electrons. The summed E-state index contributed by atoms with van der Waals surface area (Å²) in [4.78, 5) is 5.75. The fourth-order valence-corrected chi connectivity index (χ4v) is 3.75. The molecule has 4 nitrogen and oxygen atoms in total. The third kappa shape index (κ3) is 2.61. The molecule has 5 heteroatoms. The Hall–Kier alpha value is -2.53. The Balaban J connectivity index is 1.75. The quantitative estimate of drug-likeness (QED) is 0.513. The number of aromatic nitrogens is 2. The van der Waals surface area contributed by atoms with Crippen LogP contribution in [-0.4, -0.2) is 23.1 Å². The van der Waals surface area contributed by atoms with Gasteiger partial charge in [-0.2, -0.15) is 0 Å². The van der Waals surface area contributed by atoms with E-state index in [9.17, 15) is 0 Å². The number of ether oxygens (including phenoxy) is 2. The van der Waals surface area contributed by atoms with Crippen LogP contribution >= 0.6 is 11.3 Å². The van der Waals surface area contributed by atoms with E-state index in [0.717, 1.165) is 46.3 Å². The second kappa shape index (κ2) is 6.17. The van der Waals surface area contributed by atoms with Gasteiger partial charge in [0.05, 0.1) is 29.6 Å². The first-order valence-electron chi connectivity index (χ1n) is 7.97. The van der Waals surface area contributed by atoms with Gasteiger partial charge in [0, 0.05) is 11.8 Å². The summed E-state index contributed by atoms with van der Waals surface area (Å²) >= 11 is 1.68. The highest BCUT2D eigenvalue weighted by molar-refractivity contribution is 7.23. The van der Waals surface area contributed by atoms with E-state index in [2.05, 4.69) is 29.7 Å². The van der Waals surface area contributed by atoms with Crippen LogP contribution in [0.25, 0.3) is 26.4 Å². The summed E-state index contributed by atoms with van der Waals surface area (Å²) in [5, 5.41) is 0. The lowest BCUT2D eigenvalue weighted by atomic mass is 10.1. The minimum Gasteiger partial charge on any atom is -0.497 e. The zero-order valence-electron chi connectivity index (χ0n) is 13.7. The molecule has 4 aromatic rings. The molecule has 0 radical (unpaired) electrons. The van der Waals surface area contributed by atoms with Crippen LogP contribution < -0.4 is 9.47 Å². The van der Waals surface area contributed by atoms with Crippen molar-refractivity contribution in [1.82, 2.24) is 9.38 Å². The van der Waals surface area contributed by atoms with Crippen molar-refractivity contribution in [1.29, 1.82) is 0 Å². The molecular formula is C19H18N2O2S. The third-order valence-electron chi connectivity index (χ3n) is 3.90. The molecule has 0 aliphatic carbocycles. The Bertz CT molecular complexity index is 1000. The number of thiazole rings is 1. The van der Waals surface area contributed by atoms with E-state index < -0.39 is 0 Å². The van der Waals surface area contributed by atoms with Crippen LogP contribution in [0.4, 0.5) is 0 Å². The number of fused-ring (bicyclic) bond motifs is 3. The van der Waals surface area contributed by atoms with Crippen LogP contribution in [0.1, 0.15) is 13.3 Å². The highest BCUT2D eigenvalue weighted by Crippen LogP contribution is 2.32. The van der Waals surface area contributed by atoms with Gasteiger partial charge in [-0.1, -0.05) is 30.4 Å². The largest absolute Gasteiger partial charge is 0.497 e. The van der Waals surface area contributed by atoms with Gasteiger partial charge in [-0.15, -0.1) is 0 Å². The van der Waals surface area contributed by atoms with E-state index in [4.69, 9.17) is 14.5 Å².